The highest BCUT2D eigenvalue weighted by Crippen LogP contribution is 2.44. The van der Waals surface area contributed by atoms with Crippen LogP contribution in [0.2, 0.25) is 0 Å². The fourth-order valence-corrected chi connectivity index (χ4v) is 5.56. The zero-order valence-electron chi connectivity index (χ0n) is 23.7. The third-order valence-electron chi connectivity index (χ3n) is 8.22. The van der Waals surface area contributed by atoms with E-state index >= 15 is 0 Å². The average Bonchev–Trinajstić information content (AvgIpc) is 2.91. The van der Waals surface area contributed by atoms with Gasteiger partial charge in [-0.25, -0.2) is 0 Å². The van der Waals surface area contributed by atoms with Crippen LogP contribution in [0.25, 0.3) is 0 Å². The summed E-state index contributed by atoms with van der Waals surface area (Å²) in [7, 11) is 0. The molecule has 0 aliphatic rings. The molecule has 4 rings (SSSR count). The molecule has 4 aromatic rings. The summed E-state index contributed by atoms with van der Waals surface area (Å²) >= 11 is 0. The Labute approximate surface area is 231 Å². The molecule has 0 radical (unpaired) electrons. The van der Waals surface area contributed by atoms with E-state index in [1.165, 1.54) is 0 Å². The number of benzene rings is 4. The molecule has 200 valence electrons. The summed E-state index contributed by atoms with van der Waals surface area (Å²) < 4.78 is 0. The van der Waals surface area contributed by atoms with E-state index in [0.717, 1.165) is 50.8 Å². The van der Waals surface area contributed by atoms with Gasteiger partial charge < -0.3 is 10.2 Å². The van der Waals surface area contributed by atoms with Crippen LogP contribution in [-0.2, 0) is 10.8 Å². The maximum absolute atomic E-state index is 11.8. The van der Waals surface area contributed by atoms with E-state index in [0.29, 0.717) is 17.4 Å². The lowest BCUT2D eigenvalue weighted by Gasteiger charge is -2.35. The number of aromatic hydroxyl groups is 2. The Morgan fingerprint density at radius 1 is 0.590 bits per heavy atom. The van der Waals surface area contributed by atoms with Crippen LogP contribution < -0.4 is 0 Å². The quantitative estimate of drug-likeness (QED) is 0.194. The van der Waals surface area contributed by atoms with E-state index in [4.69, 9.17) is 0 Å². The van der Waals surface area contributed by atoms with Gasteiger partial charge in [0.1, 0.15) is 17.8 Å². The second-order valence-corrected chi connectivity index (χ2v) is 11.4. The van der Waals surface area contributed by atoms with Crippen molar-refractivity contribution in [1.82, 2.24) is 0 Å². The number of phenols is 2. The van der Waals surface area contributed by atoms with Gasteiger partial charge in [0, 0.05) is 16.4 Å². The van der Waals surface area contributed by atoms with Gasteiger partial charge in [0.05, 0.1) is 5.56 Å². The van der Waals surface area contributed by atoms with Crippen molar-refractivity contribution in [1.29, 1.82) is 0 Å². The van der Waals surface area contributed by atoms with E-state index in [-0.39, 0.29) is 17.1 Å². The van der Waals surface area contributed by atoms with E-state index in [2.05, 4.69) is 45.0 Å². The van der Waals surface area contributed by atoms with Crippen LogP contribution in [0.1, 0.15) is 91.6 Å². The molecule has 0 heterocycles. The normalized spacial score (nSPS) is 13.1. The van der Waals surface area contributed by atoms with E-state index in [9.17, 15) is 19.8 Å². The van der Waals surface area contributed by atoms with Crippen molar-refractivity contribution >= 4 is 12.6 Å². The maximum atomic E-state index is 11.8. The standard InChI is InChI=1S/C35H36O4/c1-21-11-25(19-36)16-30(12-21)35(7,31-14-22(2)32(38)23(3)15-31)28-10-8-9-27(18-28)34(5,6)29-13-24(4)33(39)26(17-29)20-37/h8-20,38-39H,1-7H3. The van der Waals surface area contributed by atoms with E-state index < -0.39 is 10.8 Å². The first-order valence-electron chi connectivity index (χ1n) is 13.1. The lowest BCUT2D eigenvalue weighted by Crippen LogP contribution is -2.27. The van der Waals surface area contributed by atoms with Gasteiger partial charge in [-0.3, -0.25) is 9.59 Å². The van der Waals surface area contributed by atoms with Crippen LogP contribution in [0.3, 0.4) is 0 Å². The molecular formula is C35H36O4. The smallest absolute Gasteiger partial charge is 0.153 e. The van der Waals surface area contributed by atoms with Gasteiger partial charge in [-0.1, -0.05) is 67.9 Å². The van der Waals surface area contributed by atoms with Crippen LogP contribution in [-0.4, -0.2) is 22.8 Å². The molecule has 0 amide bonds. The first kappa shape index (κ1) is 27.8. The Morgan fingerprint density at radius 2 is 1.15 bits per heavy atom. The molecule has 0 spiro atoms. The molecule has 0 bridgehead atoms. The Kier molecular flexibility index (Phi) is 7.27. The zero-order chi connectivity index (χ0) is 28.7. The third-order valence-corrected chi connectivity index (χ3v) is 8.22. The summed E-state index contributed by atoms with van der Waals surface area (Å²) in [5.41, 5.74) is 7.98. The lowest BCUT2D eigenvalue weighted by atomic mass is 9.68. The molecule has 0 fully saturated rings. The molecule has 0 aliphatic carbocycles. The molecule has 4 heteroatoms. The average molecular weight is 521 g/mol. The molecule has 4 nitrogen and oxygen atoms in total. The SMILES string of the molecule is Cc1cc(C=O)cc(C(C)(c2cccc(C(C)(C)c3cc(C)c(O)c(C=O)c3)c2)c2cc(C)c(O)c(C)c2)c1. The molecule has 39 heavy (non-hydrogen) atoms. The van der Waals surface area contributed by atoms with Crippen molar-refractivity contribution in [3.05, 3.63) is 128 Å². The number of phenolic OH excluding ortho intramolecular Hbond substituents is 2. The molecular weight excluding hydrogens is 484 g/mol. The first-order chi connectivity index (χ1) is 18.3. The predicted octanol–water partition coefficient (Wildman–Crippen LogP) is 7.64. The first-order valence-corrected chi connectivity index (χ1v) is 13.1. The van der Waals surface area contributed by atoms with Crippen molar-refractivity contribution in [2.24, 2.45) is 0 Å². The summed E-state index contributed by atoms with van der Waals surface area (Å²) in [5.74, 6) is 0.289. The van der Waals surface area contributed by atoms with Crippen molar-refractivity contribution < 1.29 is 19.8 Å². The fraction of sp³-hybridized carbons (Fsp3) is 0.257. The summed E-state index contributed by atoms with van der Waals surface area (Å²) in [5, 5.41) is 20.9. The number of carbonyl (C=O) groups excluding carboxylic acids is 2. The highest BCUT2D eigenvalue weighted by atomic mass is 16.3. The van der Waals surface area contributed by atoms with Crippen molar-refractivity contribution in [3.8, 4) is 11.5 Å². The second-order valence-electron chi connectivity index (χ2n) is 11.4. The largest absolute Gasteiger partial charge is 0.507 e. The Morgan fingerprint density at radius 3 is 1.77 bits per heavy atom. The minimum atomic E-state index is -0.641. The molecule has 1 atom stereocenters. The van der Waals surface area contributed by atoms with Crippen molar-refractivity contribution in [2.45, 2.75) is 59.3 Å². The molecule has 1 unspecified atom stereocenters. The van der Waals surface area contributed by atoms with Gasteiger partial charge in [-0.15, -0.1) is 0 Å². The number of hydrogen-bond donors (Lipinski definition) is 2. The summed E-state index contributed by atoms with van der Waals surface area (Å²) in [6.45, 7) is 14.0. The molecule has 0 aliphatic heterocycles. The fourth-order valence-electron chi connectivity index (χ4n) is 5.56. The second kappa shape index (κ2) is 10.2. The summed E-state index contributed by atoms with van der Waals surface area (Å²) in [4.78, 5) is 23.5. The summed E-state index contributed by atoms with van der Waals surface area (Å²) in [6, 6.07) is 22.0. The number of aldehydes is 2. The molecule has 0 aromatic heterocycles. The van der Waals surface area contributed by atoms with Crippen molar-refractivity contribution in [2.75, 3.05) is 0 Å². The topological polar surface area (TPSA) is 74.6 Å². The highest BCUT2D eigenvalue weighted by Gasteiger charge is 2.34. The van der Waals surface area contributed by atoms with Gasteiger partial charge in [-0.2, -0.15) is 0 Å². The minimum Gasteiger partial charge on any atom is -0.507 e. The van der Waals surface area contributed by atoms with Crippen LogP contribution >= 0.6 is 0 Å². The highest BCUT2D eigenvalue weighted by molar-refractivity contribution is 5.81. The van der Waals surface area contributed by atoms with Crippen LogP contribution in [0, 0.1) is 27.7 Å². The van der Waals surface area contributed by atoms with E-state index in [1.54, 1.807) is 13.0 Å². The Hall–Kier alpha value is -4.18. The van der Waals surface area contributed by atoms with E-state index in [1.807, 2.05) is 57.2 Å². The summed E-state index contributed by atoms with van der Waals surface area (Å²) in [6.07, 6.45) is 1.56. The van der Waals surface area contributed by atoms with Gasteiger partial charge in [0.25, 0.3) is 0 Å². The van der Waals surface area contributed by atoms with Crippen LogP contribution in [0.4, 0.5) is 0 Å². The molecule has 4 aromatic carbocycles. The molecule has 0 saturated carbocycles. The molecule has 2 N–H and O–H groups in total. The zero-order valence-corrected chi connectivity index (χ0v) is 23.7. The number of hydrogen-bond acceptors (Lipinski definition) is 4. The van der Waals surface area contributed by atoms with Gasteiger partial charge >= 0.3 is 0 Å². The Bertz CT molecular complexity index is 1570. The van der Waals surface area contributed by atoms with Crippen molar-refractivity contribution in [3.63, 3.8) is 0 Å². The lowest BCUT2D eigenvalue weighted by molar-refractivity contribution is 0.111. The maximum Gasteiger partial charge on any atom is 0.153 e. The number of aryl methyl sites for hydroxylation is 4. The van der Waals surface area contributed by atoms with Gasteiger partial charge in [-0.05, 0) is 97.3 Å². The predicted molar refractivity (Wildman–Crippen MR) is 157 cm³/mol. The number of rotatable bonds is 7. The van der Waals surface area contributed by atoms with Gasteiger partial charge in [0.2, 0.25) is 0 Å². The minimum absolute atomic E-state index is 0.00868. The van der Waals surface area contributed by atoms with Crippen LogP contribution in [0.15, 0.2) is 66.7 Å². The molecule has 0 saturated heterocycles. The Balaban J connectivity index is 1.99. The van der Waals surface area contributed by atoms with Gasteiger partial charge in [0.15, 0.2) is 6.29 Å². The third kappa shape index (κ3) is 4.87. The number of carbonyl (C=O) groups is 2. The monoisotopic (exact) mass is 520 g/mol. The van der Waals surface area contributed by atoms with Crippen LogP contribution in [0.5, 0.6) is 11.5 Å².